The first-order valence-electron chi connectivity index (χ1n) is 8.07. The van der Waals surface area contributed by atoms with E-state index in [-0.39, 0.29) is 11.5 Å². The van der Waals surface area contributed by atoms with Crippen molar-refractivity contribution in [3.05, 3.63) is 77.0 Å². The summed E-state index contributed by atoms with van der Waals surface area (Å²) in [5.41, 5.74) is 2.67. The number of hydrogen-bond donors (Lipinski definition) is 1. The fourth-order valence-electron chi connectivity index (χ4n) is 2.78. The van der Waals surface area contributed by atoms with Crippen LogP contribution in [0, 0.1) is 12.7 Å². The molecule has 0 aliphatic heterocycles. The minimum absolute atomic E-state index is 0.179. The van der Waals surface area contributed by atoms with E-state index in [2.05, 4.69) is 20.6 Å². The summed E-state index contributed by atoms with van der Waals surface area (Å²) in [7, 11) is 0. The third kappa shape index (κ3) is 3.24. The van der Waals surface area contributed by atoms with Crippen molar-refractivity contribution in [3.8, 4) is 5.69 Å². The van der Waals surface area contributed by atoms with Crippen LogP contribution in [0.2, 0.25) is 5.02 Å². The quantitative estimate of drug-likeness (QED) is 0.578. The number of amides is 1. The molecular weight excluding hydrogens is 369 g/mol. The number of nitrogens with zero attached hydrogens (tertiary/aromatic N) is 4. The fourth-order valence-corrected chi connectivity index (χ4v) is 2.95. The molecule has 4 aromatic rings. The molecule has 0 aliphatic rings. The minimum atomic E-state index is -0.424. The zero-order valence-corrected chi connectivity index (χ0v) is 14.9. The summed E-state index contributed by atoms with van der Waals surface area (Å²) < 4.78 is 14.6. The van der Waals surface area contributed by atoms with E-state index in [1.165, 1.54) is 24.3 Å². The van der Waals surface area contributed by atoms with E-state index in [0.29, 0.717) is 21.9 Å². The Kier molecular flexibility index (Phi) is 4.29. The van der Waals surface area contributed by atoms with Crippen molar-refractivity contribution < 1.29 is 9.18 Å². The average molecular weight is 382 g/mol. The van der Waals surface area contributed by atoms with Gasteiger partial charge in [-0.05, 0) is 55.5 Å². The van der Waals surface area contributed by atoms with E-state index >= 15 is 0 Å². The largest absolute Gasteiger partial charge is 0.321 e. The SMILES string of the molecule is Cc1c(C(=O)Nc2ccc(F)cc2)nnn1-c1ccnc2cc(Cl)ccc12. The molecule has 6 nitrogen and oxygen atoms in total. The van der Waals surface area contributed by atoms with Crippen LogP contribution in [0.5, 0.6) is 0 Å². The van der Waals surface area contributed by atoms with Crippen LogP contribution in [0.15, 0.2) is 54.7 Å². The van der Waals surface area contributed by atoms with Crippen molar-refractivity contribution in [2.75, 3.05) is 5.32 Å². The number of nitrogens with one attached hydrogen (secondary N) is 1. The smallest absolute Gasteiger partial charge is 0.278 e. The number of rotatable bonds is 3. The number of pyridine rings is 1. The van der Waals surface area contributed by atoms with Crippen LogP contribution >= 0.6 is 11.6 Å². The van der Waals surface area contributed by atoms with Gasteiger partial charge >= 0.3 is 0 Å². The Morgan fingerprint density at radius 2 is 1.93 bits per heavy atom. The monoisotopic (exact) mass is 381 g/mol. The summed E-state index contributed by atoms with van der Waals surface area (Å²) >= 11 is 6.03. The molecule has 0 aliphatic carbocycles. The fraction of sp³-hybridized carbons (Fsp3) is 0.0526. The van der Waals surface area contributed by atoms with E-state index in [9.17, 15) is 9.18 Å². The lowest BCUT2D eigenvalue weighted by molar-refractivity contribution is 0.102. The zero-order chi connectivity index (χ0) is 19.0. The molecule has 0 bridgehead atoms. The van der Waals surface area contributed by atoms with Crippen molar-refractivity contribution in [2.45, 2.75) is 6.92 Å². The third-order valence-corrected chi connectivity index (χ3v) is 4.36. The number of fused-ring (bicyclic) bond motifs is 1. The third-order valence-electron chi connectivity index (χ3n) is 4.12. The molecule has 8 heteroatoms. The van der Waals surface area contributed by atoms with Gasteiger partial charge in [-0.15, -0.1) is 5.10 Å². The van der Waals surface area contributed by atoms with Gasteiger partial charge in [0, 0.05) is 22.3 Å². The molecule has 27 heavy (non-hydrogen) atoms. The van der Waals surface area contributed by atoms with Crippen molar-refractivity contribution in [3.63, 3.8) is 0 Å². The summed E-state index contributed by atoms with van der Waals surface area (Å²) in [6.07, 6.45) is 1.65. The minimum Gasteiger partial charge on any atom is -0.321 e. The van der Waals surface area contributed by atoms with Gasteiger partial charge in [0.1, 0.15) is 5.82 Å². The van der Waals surface area contributed by atoms with E-state index in [4.69, 9.17) is 11.6 Å². The van der Waals surface area contributed by atoms with Gasteiger partial charge in [-0.25, -0.2) is 9.07 Å². The number of hydrogen-bond acceptors (Lipinski definition) is 4. The van der Waals surface area contributed by atoms with Crippen molar-refractivity contribution >= 4 is 34.1 Å². The van der Waals surface area contributed by atoms with Gasteiger partial charge in [-0.1, -0.05) is 16.8 Å². The lowest BCUT2D eigenvalue weighted by atomic mass is 10.2. The lowest BCUT2D eigenvalue weighted by Crippen LogP contribution is -2.14. The normalized spacial score (nSPS) is 10.9. The van der Waals surface area contributed by atoms with Crippen molar-refractivity contribution in [2.24, 2.45) is 0 Å². The van der Waals surface area contributed by atoms with Gasteiger partial charge in [-0.2, -0.15) is 0 Å². The summed E-state index contributed by atoms with van der Waals surface area (Å²) in [4.78, 5) is 16.8. The molecule has 1 N–H and O–H groups in total. The molecule has 0 radical (unpaired) electrons. The van der Waals surface area contributed by atoms with Crippen LogP contribution < -0.4 is 5.32 Å². The Labute approximate surface area is 158 Å². The van der Waals surface area contributed by atoms with Crippen molar-refractivity contribution in [1.82, 2.24) is 20.0 Å². The number of carbonyl (C=O) groups is 1. The summed E-state index contributed by atoms with van der Waals surface area (Å²) in [6.45, 7) is 1.75. The molecule has 134 valence electrons. The average Bonchev–Trinajstić information content (AvgIpc) is 3.04. The molecule has 2 aromatic heterocycles. The molecule has 0 saturated heterocycles. The van der Waals surface area contributed by atoms with E-state index in [0.717, 1.165) is 11.1 Å². The van der Waals surface area contributed by atoms with Crippen LogP contribution in [-0.4, -0.2) is 25.9 Å². The highest BCUT2D eigenvalue weighted by Gasteiger charge is 2.19. The van der Waals surface area contributed by atoms with Gasteiger partial charge in [0.15, 0.2) is 5.69 Å². The standard InChI is InChI=1S/C19H13ClFN5O/c1-11-18(19(27)23-14-5-3-13(21)4-6-14)24-25-26(11)17-8-9-22-16-10-12(20)2-7-15(16)17/h2-10H,1H3,(H,23,27). The second kappa shape index (κ2) is 6.77. The Morgan fingerprint density at radius 3 is 2.70 bits per heavy atom. The molecular formula is C19H13ClFN5O. The van der Waals surface area contributed by atoms with Gasteiger partial charge in [-0.3, -0.25) is 9.78 Å². The number of benzene rings is 2. The number of aromatic nitrogens is 4. The second-order valence-corrected chi connectivity index (χ2v) is 6.32. The Morgan fingerprint density at radius 1 is 1.15 bits per heavy atom. The molecule has 1 amide bonds. The highest BCUT2D eigenvalue weighted by Crippen LogP contribution is 2.24. The van der Waals surface area contributed by atoms with Gasteiger partial charge in [0.25, 0.3) is 5.91 Å². The predicted octanol–water partition coefficient (Wildman–Crippen LogP) is 4.17. The van der Waals surface area contributed by atoms with Crippen LogP contribution in [0.3, 0.4) is 0 Å². The number of anilines is 1. The molecule has 0 fully saturated rings. The van der Waals surface area contributed by atoms with Gasteiger partial charge < -0.3 is 5.32 Å². The highest BCUT2D eigenvalue weighted by atomic mass is 35.5. The lowest BCUT2D eigenvalue weighted by Gasteiger charge is -2.08. The Hall–Kier alpha value is -3.32. The Bertz CT molecular complexity index is 1160. The first-order chi connectivity index (χ1) is 13.0. The maximum atomic E-state index is 13.0. The molecule has 2 heterocycles. The van der Waals surface area contributed by atoms with Crippen LogP contribution in [-0.2, 0) is 0 Å². The molecule has 0 spiro atoms. The topological polar surface area (TPSA) is 72.7 Å². The van der Waals surface area contributed by atoms with E-state index in [1.54, 1.807) is 36.0 Å². The molecule has 2 aromatic carbocycles. The van der Waals surface area contributed by atoms with E-state index < -0.39 is 5.91 Å². The summed E-state index contributed by atoms with van der Waals surface area (Å²) in [5, 5.41) is 12.2. The zero-order valence-electron chi connectivity index (χ0n) is 14.1. The highest BCUT2D eigenvalue weighted by molar-refractivity contribution is 6.31. The molecule has 0 saturated carbocycles. The molecule has 4 rings (SSSR count). The summed E-state index contributed by atoms with van der Waals surface area (Å²) in [6, 6.07) is 12.7. The van der Waals surface area contributed by atoms with E-state index in [1.807, 2.05) is 6.07 Å². The molecule has 0 atom stereocenters. The van der Waals surface area contributed by atoms with Crippen molar-refractivity contribution in [1.29, 1.82) is 0 Å². The van der Waals surface area contributed by atoms with Gasteiger partial charge in [0.2, 0.25) is 0 Å². The van der Waals surface area contributed by atoms with Gasteiger partial charge in [0.05, 0.1) is 16.9 Å². The second-order valence-electron chi connectivity index (χ2n) is 5.89. The Balaban J connectivity index is 1.70. The maximum Gasteiger partial charge on any atom is 0.278 e. The number of carbonyl (C=O) groups excluding carboxylic acids is 1. The first-order valence-corrected chi connectivity index (χ1v) is 8.44. The van der Waals surface area contributed by atoms with Crippen LogP contribution in [0.1, 0.15) is 16.2 Å². The number of halogens is 2. The molecule has 0 unspecified atom stereocenters. The van der Waals surface area contributed by atoms with Crippen LogP contribution in [0.25, 0.3) is 16.6 Å². The van der Waals surface area contributed by atoms with Crippen LogP contribution in [0.4, 0.5) is 10.1 Å². The summed E-state index contributed by atoms with van der Waals surface area (Å²) in [5.74, 6) is -0.799. The predicted molar refractivity (Wildman–Crippen MR) is 101 cm³/mol. The first kappa shape index (κ1) is 17.1. The maximum absolute atomic E-state index is 13.0.